The highest BCUT2D eigenvalue weighted by Gasteiger charge is 2.73. The van der Waals surface area contributed by atoms with Crippen LogP contribution in [0, 0.1) is 23.2 Å². The van der Waals surface area contributed by atoms with Gasteiger partial charge in [-0.15, -0.1) is 0 Å². The molecule has 1 nitrogen and oxygen atoms in total. The average Bonchev–Trinajstić information content (AvgIpc) is 1.91. The van der Waals surface area contributed by atoms with E-state index in [0.29, 0.717) is 0 Å². The lowest BCUT2D eigenvalue weighted by Gasteiger charge is -2.75. The summed E-state index contributed by atoms with van der Waals surface area (Å²) in [4.78, 5) is 10.6. The molecular formula is C8H10O. The maximum Gasteiger partial charge on any atom is 0.126 e. The van der Waals surface area contributed by atoms with Crippen LogP contribution in [0.2, 0.25) is 0 Å². The van der Waals surface area contributed by atoms with Crippen molar-refractivity contribution in [1.82, 2.24) is 0 Å². The van der Waals surface area contributed by atoms with E-state index in [1.165, 1.54) is 25.5 Å². The van der Waals surface area contributed by atoms with Crippen molar-refractivity contribution in [3.8, 4) is 0 Å². The SMILES string of the molecule is O=CC12C3CC1CC2C3. The summed E-state index contributed by atoms with van der Waals surface area (Å²) in [5, 5.41) is 0. The van der Waals surface area contributed by atoms with Gasteiger partial charge in [0.1, 0.15) is 6.29 Å². The predicted octanol–water partition coefficient (Wildman–Crippen LogP) is 1.23. The number of hydrogen-bond donors (Lipinski definition) is 0. The molecule has 0 aromatic heterocycles. The maximum absolute atomic E-state index is 10.6. The van der Waals surface area contributed by atoms with Crippen molar-refractivity contribution in [2.45, 2.75) is 19.3 Å². The van der Waals surface area contributed by atoms with Gasteiger partial charge in [-0.25, -0.2) is 0 Å². The van der Waals surface area contributed by atoms with E-state index in [0.717, 1.165) is 17.8 Å². The number of carbonyl (C=O) groups excluding carboxylic acids is 1. The molecule has 1 heteroatoms. The lowest BCUT2D eigenvalue weighted by Crippen LogP contribution is -2.72. The molecule has 3 aliphatic rings. The third-order valence-corrected chi connectivity index (χ3v) is 4.03. The third kappa shape index (κ3) is 0.231. The minimum Gasteiger partial charge on any atom is -0.303 e. The summed E-state index contributed by atoms with van der Waals surface area (Å²) >= 11 is 0. The Morgan fingerprint density at radius 2 is 1.56 bits per heavy atom. The second-order valence-electron chi connectivity index (χ2n) is 3.92. The van der Waals surface area contributed by atoms with E-state index in [2.05, 4.69) is 0 Å². The Hall–Kier alpha value is -0.330. The van der Waals surface area contributed by atoms with Gasteiger partial charge in [0.15, 0.2) is 0 Å². The molecule has 0 aromatic rings. The minimum absolute atomic E-state index is 0.278. The Kier molecular flexibility index (Phi) is 0.487. The molecule has 3 saturated carbocycles. The summed E-state index contributed by atoms with van der Waals surface area (Å²) in [6, 6.07) is 0. The number of hydrogen-bond acceptors (Lipinski definition) is 1. The molecule has 0 N–H and O–H groups in total. The van der Waals surface area contributed by atoms with Gasteiger partial charge in [0.05, 0.1) is 0 Å². The molecule has 0 atom stereocenters. The quantitative estimate of drug-likeness (QED) is 0.478. The molecule has 3 aliphatic carbocycles. The minimum atomic E-state index is 0.278. The van der Waals surface area contributed by atoms with Gasteiger partial charge in [-0.1, -0.05) is 0 Å². The smallest absolute Gasteiger partial charge is 0.126 e. The summed E-state index contributed by atoms with van der Waals surface area (Å²) in [5.74, 6) is 2.50. The summed E-state index contributed by atoms with van der Waals surface area (Å²) < 4.78 is 0. The summed E-state index contributed by atoms with van der Waals surface area (Å²) in [5.41, 5.74) is 0.278. The van der Waals surface area contributed by atoms with E-state index in [1.807, 2.05) is 0 Å². The first-order valence-electron chi connectivity index (χ1n) is 3.84. The summed E-state index contributed by atoms with van der Waals surface area (Å²) in [6.45, 7) is 0. The van der Waals surface area contributed by atoms with Gasteiger partial charge in [-0.05, 0) is 37.0 Å². The average molecular weight is 122 g/mol. The molecule has 3 fully saturated rings. The topological polar surface area (TPSA) is 17.1 Å². The standard InChI is InChI=1S/C8H10O/c9-4-8-5-1-6(8)3-7(8)2-5/h4-7H,1-3H2. The highest BCUT2D eigenvalue weighted by molar-refractivity contribution is 5.68. The van der Waals surface area contributed by atoms with Gasteiger partial charge in [-0.2, -0.15) is 0 Å². The van der Waals surface area contributed by atoms with Crippen molar-refractivity contribution in [2.75, 3.05) is 0 Å². The molecule has 0 spiro atoms. The molecule has 0 bridgehead atoms. The lowest BCUT2D eigenvalue weighted by atomic mass is 9.28. The molecule has 0 heterocycles. The summed E-state index contributed by atoms with van der Waals surface area (Å²) in [7, 11) is 0. The van der Waals surface area contributed by atoms with Gasteiger partial charge in [0, 0.05) is 5.41 Å². The van der Waals surface area contributed by atoms with Crippen LogP contribution < -0.4 is 0 Å². The van der Waals surface area contributed by atoms with E-state index >= 15 is 0 Å². The Balaban J connectivity index is 2.03. The molecular weight excluding hydrogens is 112 g/mol. The van der Waals surface area contributed by atoms with Crippen LogP contribution in [0.3, 0.4) is 0 Å². The van der Waals surface area contributed by atoms with Crippen molar-refractivity contribution in [3.05, 3.63) is 0 Å². The van der Waals surface area contributed by atoms with Gasteiger partial charge in [0.2, 0.25) is 0 Å². The van der Waals surface area contributed by atoms with Crippen molar-refractivity contribution in [3.63, 3.8) is 0 Å². The van der Waals surface area contributed by atoms with E-state index in [-0.39, 0.29) is 5.41 Å². The second-order valence-corrected chi connectivity index (χ2v) is 3.92. The van der Waals surface area contributed by atoms with E-state index in [1.54, 1.807) is 0 Å². The van der Waals surface area contributed by atoms with E-state index < -0.39 is 0 Å². The van der Waals surface area contributed by atoms with Crippen LogP contribution in [-0.4, -0.2) is 6.29 Å². The Morgan fingerprint density at radius 3 is 1.67 bits per heavy atom. The second kappa shape index (κ2) is 0.979. The molecule has 3 rings (SSSR count). The fourth-order valence-corrected chi connectivity index (χ4v) is 3.35. The molecule has 0 aromatic carbocycles. The van der Waals surface area contributed by atoms with Gasteiger partial charge in [-0.3, -0.25) is 0 Å². The molecule has 0 radical (unpaired) electrons. The van der Waals surface area contributed by atoms with Gasteiger partial charge < -0.3 is 4.79 Å². The Bertz CT molecular complexity index is 152. The molecule has 0 aliphatic heterocycles. The highest BCUT2D eigenvalue weighted by Crippen LogP contribution is 2.77. The van der Waals surface area contributed by atoms with Crippen LogP contribution in [0.25, 0.3) is 0 Å². The fraction of sp³-hybridized carbons (Fsp3) is 0.875. The van der Waals surface area contributed by atoms with Gasteiger partial charge in [0.25, 0.3) is 0 Å². The fourth-order valence-electron chi connectivity index (χ4n) is 3.35. The van der Waals surface area contributed by atoms with Crippen LogP contribution in [0.1, 0.15) is 19.3 Å². The first kappa shape index (κ1) is 4.48. The first-order valence-corrected chi connectivity index (χ1v) is 3.84. The highest BCUT2D eigenvalue weighted by atomic mass is 16.1. The zero-order valence-electron chi connectivity index (χ0n) is 5.34. The normalized spacial score (nSPS) is 66.4. The molecule has 0 saturated heterocycles. The molecule has 48 valence electrons. The number of carbonyl (C=O) groups is 1. The monoisotopic (exact) mass is 122 g/mol. The van der Waals surface area contributed by atoms with Crippen LogP contribution in [0.5, 0.6) is 0 Å². The van der Waals surface area contributed by atoms with Crippen LogP contribution in [0.15, 0.2) is 0 Å². The first-order chi connectivity index (χ1) is 4.38. The molecule has 9 heavy (non-hydrogen) atoms. The van der Waals surface area contributed by atoms with E-state index in [4.69, 9.17) is 0 Å². The van der Waals surface area contributed by atoms with Crippen LogP contribution >= 0.6 is 0 Å². The molecule has 0 amide bonds. The van der Waals surface area contributed by atoms with Crippen molar-refractivity contribution in [1.29, 1.82) is 0 Å². The number of rotatable bonds is 1. The Morgan fingerprint density at radius 1 is 1.11 bits per heavy atom. The zero-order chi connectivity index (χ0) is 6.06. The summed E-state index contributed by atoms with van der Waals surface area (Å²) in [6.07, 6.45) is 5.36. The largest absolute Gasteiger partial charge is 0.303 e. The van der Waals surface area contributed by atoms with Gasteiger partial charge >= 0.3 is 0 Å². The maximum atomic E-state index is 10.6. The van der Waals surface area contributed by atoms with Crippen molar-refractivity contribution >= 4 is 6.29 Å². The van der Waals surface area contributed by atoms with Crippen molar-refractivity contribution < 1.29 is 4.79 Å². The third-order valence-electron chi connectivity index (χ3n) is 4.03. The van der Waals surface area contributed by atoms with Crippen molar-refractivity contribution in [2.24, 2.45) is 23.2 Å². The zero-order valence-corrected chi connectivity index (χ0v) is 5.34. The molecule has 0 unspecified atom stereocenters. The van der Waals surface area contributed by atoms with Crippen LogP contribution in [0.4, 0.5) is 0 Å². The van der Waals surface area contributed by atoms with E-state index in [9.17, 15) is 4.79 Å². The number of aldehydes is 1. The lowest BCUT2D eigenvalue weighted by molar-refractivity contribution is -0.262. The van der Waals surface area contributed by atoms with Crippen LogP contribution in [-0.2, 0) is 4.79 Å². The predicted molar refractivity (Wildman–Crippen MR) is 32.8 cm³/mol. The Labute approximate surface area is 54.4 Å².